The molecule has 1 nitrogen and oxygen atoms in total. The molecule has 0 atom stereocenters. The van der Waals surface area contributed by atoms with Gasteiger partial charge in [0, 0.05) is 5.39 Å². The fraction of sp³-hybridized carbons (Fsp3) is 0.143. The highest BCUT2D eigenvalue weighted by molar-refractivity contribution is 5.88. The number of halogens is 4. The molecule has 0 aromatic heterocycles. The SMILES string of the molecule is C=CCOc1ccc(-c2ccc3c(F)c(CCc4ccc(C(F)(F)F)cc4)ccc3c2)cc1. The average Bonchev–Trinajstić information content (AvgIpc) is 2.82. The van der Waals surface area contributed by atoms with Crippen molar-refractivity contribution in [3.63, 3.8) is 0 Å². The molecule has 0 bridgehead atoms. The van der Waals surface area contributed by atoms with Gasteiger partial charge in [-0.2, -0.15) is 13.2 Å². The zero-order valence-electron chi connectivity index (χ0n) is 17.8. The number of hydrogen-bond donors (Lipinski definition) is 0. The Balaban J connectivity index is 1.50. The Morgan fingerprint density at radius 3 is 2.15 bits per heavy atom. The number of aryl methyl sites for hydroxylation is 2. The van der Waals surface area contributed by atoms with E-state index in [1.54, 1.807) is 18.2 Å². The average molecular weight is 450 g/mol. The lowest BCUT2D eigenvalue weighted by molar-refractivity contribution is -0.137. The van der Waals surface area contributed by atoms with Gasteiger partial charge in [0.05, 0.1) is 5.56 Å². The molecule has 0 spiro atoms. The lowest BCUT2D eigenvalue weighted by Crippen LogP contribution is -2.04. The molecule has 0 saturated carbocycles. The van der Waals surface area contributed by atoms with Crippen molar-refractivity contribution in [2.75, 3.05) is 6.61 Å². The molecule has 0 unspecified atom stereocenters. The maximum atomic E-state index is 15.1. The summed E-state index contributed by atoms with van der Waals surface area (Å²) in [5, 5.41) is 1.31. The van der Waals surface area contributed by atoms with Crippen LogP contribution < -0.4 is 4.74 Å². The predicted octanol–water partition coefficient (Wildman–Crippen LogP) is 8.01. The van der Waals surface area contributed by atoms with E-state index in [0.29, 0.717) is 30.4 Å². The molecule has 0 aliphatic heterocycles. The molecule has 4 rings (SSSR count). The van der Waals surface area contributed by atoms with Crippen LogP contribution in [-0.2, 0) is 19.0 Å². The van der Waals surface area contributed by atoms with Crippen LogP contribution in [0.2, 0.25) is 0 Å². The van der Waals surface area contributed by atoms with Gasteiger partial charge in [0.15, 0.2) is 0 Å². The van der Waals surface area contributed by atoms with Crippen molar-refractivity contribution in [1.82, 2.24) is 0 Å². The first-order valence-corrected chi connectivity index (χ1v) is 10.6. The summed E-state index contributed by atoms with van der Waals surface area (Å²) in [6.07, 6.45) is -1.81. The second kappa shape index (κ2) is 9.49. The van der Waals surface area contributed by atoms with Crippen molar-refractivity contribution in [3.8, 4) is 16.9 Å². The summed E-state index contributed by atoms with van der Waals surface area (Å²) in [4.78, 5) is 0. The maximum Gasteiger partial charge on any atom is 0.416 e. The third-order valence-electron chi connectivity index (χ3n) is 5.55. The summed E-state index contributed by atoms with van der Waals surface area (Å²) in [7, 11) is 0. The zero-order valence-corrected chi connectivity index (χ0v) is 17.8. The van der Waals surface area contributed by atoms with Gasteiger partial charge < -0.3 is 4.74 Å². The van der Waals surface area contributed by atoms with Crippen LogP contribution in [-0.4, -0.2) is 6.61 Å². The second-order valence-electron chi connectivity index (χ2n) is 7.79. The van der Waals surface area contributed by atoms with E-state index in [1.807, 2.05) is 42.5 Å². The highest BCUT2D eigenvalue weighted by Gasteiger charge is 2.29. The van der Waals surface area contributed by atoms with Crippen LogP contribution in [0, 0.1) is 5.82 Å². The zero-order chi connectivity index (χ0) is 23.4. The Morgan fingerprint density at radius 1 is 0.788 bits per heavy atom. The number of hydrogen-bond acceptors (Lipinski definition) is 1. The molecule has 0 heterocycles. The van der Waals surface area contributed by atoms with Gasteiger partial charge >= 0.3 is 6.18 Å². The summed E-state index contributed by atoms with van der Waals surface area (Å²) in [5.41, 5.74) is 2.56. The van der Waals surface area contributed by atoms with Crippen molar-refractivity contribution >= 4 is 10.8 Å². The van der Waals surface area contributed by atoms with E-state index in [1.165, 1.54) is 12.1 Å². The van der Waals surface area contributed by atoms with Crippen LogP contribution in [0.1, 0.15) is 16.7 Å². The number of rotatable bonds is 7. The second-order valence-corrected chi connectivity index (χ2v) is 7.79. The first kappa shape index (κ1) is 22.6. The van der Waals surface area contributed by atoms with Crippen LogP contribution in [0.5, 0.6) is 5.75 Å². The lowest BCUT2D eigenvalue weighted by atomic mass is 9.97. The number of benzene rings is 4. The summed E-state index contributed by atoms with van der Waals surface area (Å²) >= 11 is 0. The van der Waals surface area contributed by atoms with Gasteiger partial charge in [0.2, 0.25) is 0 Å². The van der Waals surface area contributed by atoms with Crippen molar-refractivity contribution in [2.24, 2.45) is 0 Å². The molecule has 5 heteroatoms. The molecule has 0 N–H and O–H groups in total. The molecule has 0 aliphatic rings. The first-order chi connectivity index (χ1) is 15.8. The molecule has 0 amide bonds. The van der Waals surface area contributed by atoms with Crippen LogP contribution >= 0.6 is 0 Å². The number of alkyl halides is 3. The van der Waals surface area contributed by atoms with Gasteiger partial charge in [-0.25, -0.2) is 4.39 Å². The molecular weight excluding hydrogens is 428 g/mol. The minimum Gasteiger partial charge on any atom is -0.490 e. The van der Waals surface area contributed by atoms with E-state index in [9.17, 15) is 13.2 Å². The Labute approximate surface area is 190 Å². The topological polar surface area (TPSA) is 9.23 Å². The quantitative estimate of drug-likeness (QED) is 0.205. The van der Waals surface area contributed by atoms with Crippen molar-refractivity contribution < 1.29 is 22.3 Å². The third-order valence-corrected chi connectivity index (χ3v) is 5.55. The summed E-state index contributed by atoms with van der Waals surface area (Å²) in [6.45, 7) is 4.07. The number of ether oxygens (including phenoxy) is 1. The normalized spacial score (nSPS) is 11.5. The summed E-state index contributed by atoms with van der Waals surface area (Å²) < 4.78 is 58.8. The minimum absolute atomic E-state index is 0.292. The van der Waals surface area contributed by atoms with E-state index in [0.717, 1.165) is 40.0 Å². The fourth-order valence-corrected chi connectivity index (χ4v) is 3.75. The van der Waals surface area contributed by atoms with Crippen LogP contribution in [0.25, 0.3) is 21.9 Å². The van der Waals surface area contributed by atoms with Gasteiger partial charge in [0.1, 0.15) is 18.2 Å². The van der Waals surface area contributed by atoms with Gasteiger partial charge in [-0.1, -0.05) is 61.2 Å². The van der Waals surface area contributed by atoms with Gasteiger partial charge in [-0.15, -0.1) is 0 Å². The van der Waals surface area contributed by atoms with Crippen molar-refractivity contribution in [1.29, 1.82) is 0 Å². The smallest absolute Gasteiger partial charge is 0.416 e. The van der Waals surface area contributed by atoms with Gasteiger partial charge in [-0.05, 0) is 70.8 Å². The number of fused-ring (bicyclic) bond motifs is 1. The van der Waals surface area contributed by atoms with E-state index in [4.69, 9.17) is 4.74 Å². The molecule has 4 aromatic carbocycles. The molecule has 4 aromatic rings. The Morgan fingerprint density at radius 2 is 1.48 bits per heavy atom. The highest BCUT2D eigenvalue weighted by atomic mass is 19.4. The molecular formula is C28H22F4O. The molecule has 168 valence electrons. The Hall–Kier alpha value is -3.60. The maximum absolute atomic E-state index is 15.1. The first-order valence-electron chi connectivity index (χ1n) is 10.6. The molecule has 0 radical (unpaired) electrons. The Kier molecular flexibility index (Phi) is 6.50. The van der Waals surface area contributed by atoms with Crippen molar-refractivity contribution in [3.05, 3.63) is 114 Å². The van der Waals surface area contributed by atoms with E-state index in [2.05, 4.69) is 6.58 Å². The molecule has 0 fully saturated rings. The largest absolute Gasteiger partial charge is 0.490 e. The summed E-state index contributed by atoms with van der Waals surface area (Å²) in [5.74, 6) is 0.460. The third kappa shape index (κ3) is 5.25. The van der Waals surface area contributed by atoms with Gasteiger partial charge in [-0.3, -0.25) is 0 Å². The van der Waals surface area contributed by atoms with Crippen molar-refractivity contribution in [2.45, 2.75) is 19.0 Å². The highest BCUT2D eigenvalue weighted by Crippen LogP contribution is 2.31. The monoisotopic (exact) mass is 450 g/mol. The fourth-order valence-electron chi connectivity index (χ4n) is 3.75. The van der Waals surface area contributed by atoms with Gasteiger partial charge in [0.25, 0.3) is 0 Å². The molecule has 0 aliphatic carbocycles. The predicted molar refractivity (Wildman–Crippen MR) is 124 cm³/mol. The van der Waals surface area contributed by atoms with E-state index < -0.39 is 11.7 Å². The van der Waals surface area contributed by atoms with Crippen LogP contribution in [0.3, 0.4) is 0 Å². The van der Waals surface area contributed by atoms with E-state index >= 15 is 4.39 Å². The summed E-state index contributed by atoms with van der Waals surface area (Å²) in [6, 6.07) is 21.9. The minimum atomic E-state index is -4.36. The van der Waals surface area contributed by atoms with E-state index in [-0.39, 0.29) is 5.82 Å². The van der Waals surface area contributed by atoms with Crippen LogP contribution in [0.15, 0.2) is 91.5 Å². The van der Waals surface area contributed by atoms with Crippen LogP contribution in [0.4, 0.5) is 17.6 Å². The standard InChI is InChI=1S/C28H22F4O/c1-2-17-33-25-14-9-20(10-15-25)22-11-16-26-23(18-22)8-7-21(27(26)29)6-3-19-4-12-24(13-5-19)28(30,31)32/h2,4-5,7-16,18H,1,3,6,17H2. The molecule has 33 heavy (non-hydrogen) atoms. The lowest BCUT2D eigenvalue weighted by Gasteiger charge is -2.10. The molecule has 0 saturated heterocycles. The Bertz CT molecular complexity index is 1260.